The van der Waals surface area contributed by atoms with Gasteiger partial charge < -0.3 is 14.6 Å². The molecule has 0 rings (SSSR count). The summed E-state index contributed by atoms with van der Waals surface area (Å²) in [5.41, 5.74) is 0. The number of rotatable bonds is 3. The second kappa shape index (κ2) is 15.6. The molecule has 9 heavy (non-hydrogen) atoms. The van der Waals surface area contributed by atoms with Crippen LogP contribution in [0.1, 0.15) is 6.42 Å². The number of ether oxygens (including phenoxy) is 1. The minimum absolute atomic E-state index is 0.122. The van der Waals surface area contributed by atoms with Gasteiger partial charge in [0.15, 0.2) is 0 Å². The summed E-state index contributed by atoms with van der Waals surface area (Å²) in [5.74, 6) is 0. The third-order valence-corrected chi connectivity index (χ3v) is 0.413. The molecule has 0 aromatic carbocycles. The molecular formula is C6H13O3. The lowest BCUT2D eigenvalue weighted by Crippen LogP contribution is -1.91. The summed E-state index contributed by atoms with van der Waals surface area (Å²) in [4.78, 5) is 9.11. The van der Waals surface area contributed by atoms with Crippen LogP contribution >= 0.6 is 0 Å². The molecule has 0 heterocycles. The van der Waals surface area contributed by atoms with Gasteiger partial charge in [0.1, 0.15) is 6.29 Å². The fraction of sp³-hybridized carbons (Fsp3) is 0.667. The number of carbonyl (C=O) groups is 1. The highest BCUT2D eigenvalue weighted by Gasteiger charge is 1.67. The summed E-state index contributed by atoms with van der Waals surface area (Å²) in [6.07, 6.45) is 1.15. The van der Waals surface area contributed by atoms with E-state index in [1.807, 2.05) is 0 Å². The van der Waals surface area contributed by atoms with Crippen molar-refractivity contribution in [2.45, 2.75) is 6.42 Å². The number of aliphatic hydroxyl groups is 1. The van der Waals surface area contributed by atoms with Crippen molar-refractivity contribution in [1.82, 2.24) is 0 Å². The third-order valence-electron chi connectivity index (χ3n) is 0.413. The lowest BCUT2D eigenvalue weighted by atomic mass is 10.6. The van der Waals surface area contributed by atoms with Crippen LogP contribution < -0.4 is 0 Å². The van der Waals surface area contributed by atoms with Gasteiger partial charge in [0, 0.05) is 13.5 Å². The first kappa shape index (κ1) is 11.4. The Morgan fingerprint density at radius 2 is 2.22 bits per heavy atom. The molecule has 0 atom stereocenters. The molecule has 0 aliphatic carbocycles. The molecule has 0 aliphatic heterocycles. The van der Waals surface area contributed by atoms with Crippen molar-refractivity contribution in [3.05, 3.63) is 6.92 Å². The zero-order valence-corrected chi connectivity index (χ0v) is 5.67. The van der Waals surface area contributed by atoms with E-state index in [1.54, 1.807) is 7.11 Å². The van der Waals surface area contributed by atoms with Gasteiger partial charge in [0.2, 0.25) is 0 Å². The van der Waals surface area contributed by atoms with Crippen molar-refractivity contribution in [3.63, 3.8) is 0 Å². The lowest BCUT2D eigenvalue weighted by Gasteiger charge is -1.84. The number of carbonyl (C=O) groups excluding carboxylic acids is 1. The van der Waals surface area contributed by atoms with E-state index in [9.17, 15) is 0 Å². The standard InChI is InChI=1S/C3H8O2.C3H5O/c1-5-3-2-4;1-2-3-4/h4H,2-3H2,1H3;3H,1-2H2. The molecule has 0 saturated heterocycles. The summed E-state index contributed by atoms with van der Waals surface area (Å²) < 4.78 is 4.44. The van der Waals surface area contributed by atoms with Crippen LogP contribution in [0.5, 0.6) is 0 Å². The molecule has 3 heteroatoms. The fourth-order valence-corrected chi connectivity index (χ4v) is 0.0913. The van der Waals surface area contributed by atoms with E-state index in [2.05, 4.69) is 11.7 Å². The van der Waals surface area contributed by atoms with E-state index in [4.69, 9.17) is 9.90 Å². The average molecular weight is 133 g/mol. The van der Waals surface area contributed by atoms with Crippen LogP contribution in [-0.4, -0.2) is 31.7 Å². The molecule has 1 N–H and O–H groups in total. The number of methoxy groups -OCH3 is 1. The highest BCUT2D eigenvalue weighted by atomic mass is 16.5. The van der Waals surface area contributed by atoms with Gasteiger partial charge in [-0.05, 0) is 6.92 Å². The Morgan fingerprint density at radius 3 is 2.22 bits per heavy atom. The van der Waals surface area contributed by atoms with Crippen LogP contribution in [0, 0.1) is 6.92 Å². The van der Waals surface area contributed by atoms with Crippen LogP contribution in [0.2, 0.25) is 0 Å². The van der Waals surface area contributed by atoms with E-state index in [-0.39, 0.29) is 6.61 Å². The Hall–Kier alpha value is -0.410. The maximum atomic E-state index is 9.11. The number of aldehydes is 1. The lowest BCUT2D eigenvalue weighted by molar-refractivity contribution is -0.107. The van der Waals surface area contributed by atoms with Crippen LogP contribution in [0.4, 0.5) is 0 Å². The van der Waals surface area contributed by atoms with E-state index < -0.39 is 0 Å². The summed E-state index contributed by atoms with van der Waals surface area (Å²) in [6.45, 7) is 3.80. The van der Waals surface area contributed by atoms with Crippen molar-refractivity contribution < 1.29 is 14.6 Å². The van der Waals surface area contributed by atoms with Gasteiger partial charge in [-0.15, -0.1) is 0 Å². The quantitative estimate of drug-likeness (QED) is 0.553. The monoisotopic (exact) mass is 133 g/mol. The SMILES string of the molecule is COCCO.[CH2]CC=O. The molecule has 0 fully saturated rings. The smallest absolute Gasteiger partial charge is 0.119 e. The second-order valence-electron chi connectivity index (χ2n) is 1.17. The van der Waals surface area contributed by atoms with Crippen molar-refractivity contribution in [2.24, 2.45) is 0 Å². The van der Waals surface area contributed by atoms with Crippen molar-refractivity contribution in [1.29, 1.82) is 0 Å². The first-order valence-corrected chi connectivity index (χ1v) is 2.66. The van der Waals surface area contributed by atoms with E-state index in [0.29, 0.717) is 13.0 Å². The summed E-state index contributed by atoms with van der Waals surface area (Å²) in [5, 5.41) is 7.94. The van der Waals surface area contributed by atoms with Gasteiger partial charge in [-0.3, -0.25) is 0 Å². The van der Waals surface area contributed by atoms with Crippen LogP contribution in [0.3, 0.4) is 0 Å². The minimum atomic E-state index is 0.122. The van der Waals surface area contributed by atoms with Crippen LogP contribution in [-0.2, 0) is 9.53 Å². The first-order chi connectivity index (χ1) is 4.33. The van der Waals surface area contributed by atoms with Crippen molar-refractivity contribution in [3.8, 4) is 0 Å². The van der Waals surface area contributed by atoms with Gasteiger partial charge in [-0.1, -0.05) is 0 Å². The number of hydrogen-bond acceptors (Lipinski definition) is 3. The zero-order chi connectivity index (χ0) is 7.54. The van der Waals surface area contributed by atoms with Gasteiger partial charge in [-0.25, -0.2) is 0 Å². The van der Waals surface area contributed by atoms with E-state index >= 15 is 0 Å². The number of hydrogen-bond donors (Lipinski definition) is 1. The predicted octanol–water partition coefficient (Wildman–Crippen LogP) is 0.0346. The van der Waals surface area contributed by atoms with Gasteiger partial charge >= 0.3 is 0 Å². The normalized spacial score (nSPS) is 7.44. The maximum Gasteiger partial charge on any atom is 0.119 e. The summed E-state index contributed by atoms with van der Waals surface area (Å²) in [7, 11) is 1.55. The van der Waals surface area contributed by atoms with Crippen LogP contribution in [0.15, 0.2) is 0 Å². The molecule has 0 amide bonds. The summed E-state index contributed by atoms with van der Waals surface area (Å²) >= 11 is 0. The van der Waals surface area contributed by atoms with Crippen molar-refractivity contribution in [2.75, 3.05) is 20.3 Å². The molecule has 0 spiro atoms. The van der Waals surface area contributed by atoms with Gasteiger partial charge in [0.25, 0.3) is 0 Å². The molecule has 0 saturated carbocycles. The number of aliphatic hydroxyl groups excluding tert-OH is 1. The Labute approximate surface area is 55.6 Å². The third kappa shape index (κ3) is 35.4. The van der Waals surface area contributed by atoms with Crippen molar-refractivity contribution >= 4 is 6.29 Å². The first-order valence-electron chi connectivity index (χ1n) is 2.66. The van der Waals surface area contributed by atoms with Gasteiger partial charge in [0.05, 0.1) is 13.2 Å². The Kier molecular flexibility index (Phi) is 19.8. The van der Waals surface area contributed by atoms with E-state index in [0.717, 1.165) is 6.29 Å². The Balaban J connectivity index is 0. The largest absolute Gasteiger partial charge is 0.394 e. The average Bonchev–Trinajstić information content (AvgIpc) is 1.91. The Bertz CT molecular complexity index is 43.6. The fourth-order valence-electron chi connectivity index (χ4n) is 0.0913. The highest BCUT2D eigenvalue weighted by Crippen LogP contribution is 1.56. The molecule has 1 radical (unpaired) electrons. The summed E-state index contributed by atoms with van der Waals surface area (Å²) in [6, 6.07) is 0. The molecule has 0 aromatic rings. The molecule has 0 unspecified atom stereocenters. The zero-order valence-electron chi connectivity index (χ0n) is 5.67. The molecule has 3 nitrogen and oxygen atoms in total. The second-order valence-corrected chi connectivity index (χ2v) is 1.17. The molecular weight excluding hydrogens is 120 g/mol. The molecule has 0 aromatic heterocycles. The van der Waals surface area contributed by atoms with Gasteiger partial charge in [-0.2, -0.15) is 0 Å². The predicted molar refractivity (Wildman–Crippen MR) is 35.0 cm³/mol. The van der Waals surface area contributed by atoms with Crippen LogP contribution in [0.25, 0.3) is 0 Å². The maximum absolute atomic E-state index is 9.11. The molecule has 0 aliphatic rings. The van der Waals surface area contributed by atoms with E-state index in [1.165, 1.54) is 0 Å². The molecule has 55 valence electrons. The Morgan fingerprint density at radius 1 is 1.78 bits per heavy atom. The topological polar surface area (TPSA) is 46.5 Å². The molecule has 0 bridgehead atoms. The highest BCUT2D eigenvalue weighted by molar-refractivity contribution is 5.49. The minimum Gasteiger partial charge on any atom is -0.394 e.